The maximum atomic E-state index is 13.9. The highest BCUT2D eigenvalue weighted by atomic mass is 19.1. The lowest BCUT2D eigenvalue weighted by Gasteiger charge is -2.35. The van der Waals surface area contributed by atoms with Crippen molar-refractivity contribution in [3.8, 4) is 0 Å². The van der Waals surface area contributed by atoms with Gasteiger partial charge in [0, 0.05) is 32.2 Å². The standard InChI is InChI=1S/C17H27FN2/c1-3-4-5-6-17(20-11-9-19-10-12-20)15-8-7-14(2)16(18)13-15/h7-8,13,17,19H,3-6,9-12H2,1-2H3/t17-/m0/s1. The summed E-state index contributed by atoms with van der Waals surface area (Å²) in [6, 6.07) is 6.14. The van der Waals surface area contributed by atoms with Crippen LogP contribution in [0, 0.1) is 12.7 Å². The van der Waals surface area contributed by atoms with Crippen molar-refractivity contribution in [2.75, 3.05) is 26.2 Å². The zero-order valence-electron chi connectivity index (χ0n) is 12.8. The minimum atomic E-state index is -0.0712. The Morgan fingerprint density at radius 1 is 1.25 bits per heavy atom. The Hall–Kier alpha value is -0.930. The smallest absolute Gasteiger partial charge is 0.126 e. The first-order valence-electron chi connectivity index (χ1n) is 7.93. The number of aryl methyl sites for hydroxylation is 1. The molecule has 0 bridgehead atoms. The summed E-state index contributed by atoms with van der Waals surface area (Å²) in [6.45, 7) is 8.26. The predicted molar refractivity (Wildman–Crippen MR) is 82.5 cm³/mol. The molecule has 0 radical (unpaired) electrons. The van der Waals surface area contributed by atoms with E-state index in [1.54, 1.807) is 6.07 Å². The Balaban J connectivity index is 2.12. The number of halogens is 1. The third-order valence-electron chi connectivity index (χ3n) is 4.25. The van der Waals surface area contributed by atoms with E-state index >= 15 is 0 Å². The van der Waals surface area contributed by atoms with Crippen LogP contribution in [0.25, 0.3) is 0 Å². The van der Waals surface area contributed by atoms with Crippen LogP contribution in [-0.4, -0.2) is 31.1 Å². The van der Waals surface area contributed by atoms with Crippen molar-refractivity contribution in [2.45, 2.75) is 45.6 Å². The number of hydrogen-bond acceptors (Lipinski definition) is 2. The van der Waals surface area contributed by atoms with Crippen LogP contribution < -0.4 is 5.32 Å². The molecule has 0 saturated carbocycles. The van der Waals surface area contributed by atoms with E-state index in [1.807, 2.05) is 13.0 Å². The molecule has 20 heavy (non-hydrogen) atoms. The number of piperazine rings is 1. The molecule has 0 spiro atoms. The lowest BCUT2D eigenvalue weighted by Crippen LogP contribution is -2.45. The summed E-state index contributed by atoms with van der Waals surface area (Å²) in [5.41, 5.74) is 1.88. The molecule has 1 fully saturated rings. The Labute approximate surface area is 122 Å². The van der Waals surface area contributed by atoms with E-state index in [1.165, 1.54) is 19.3 Å². The molecule has 112 valence electrons. The summed E-state index contributed by atoms with van der Waals surface area (Å²) in [4.78, 5) is 2.51. The molecule has 0 aromatic heterocycles. The Morgan fingerprint density at radius 2 is 2.00 bits per heavy atom. The molecule has 1 N–H and O–H groups in total. The largest absolute Gasteiger partial charge is 0.314 e. The van der Waals surface area contributed by atoms with Crippen molar-refractivity contribution in [1.29, 1.82) is 0 Å². The molecule has 0 amide bonds. The van der Waals surface area contributed by atoms with Crippen LogP contribution in [0.1, 0.15) is 49.8 Å². The van der Waals surface area contributed by atoms with Gasteiger partial charge in [0.1, 0.15) is 5.82 Å². The highest BCUT2D eigenvalue weighted by molar-refractivity contribution is 5.26. The summed E-state index contributed by atoms with van der Waals surface area (Å²) < 4.78 is 13.9. The van der Waals surface area contributed by atoms with Crippen LogP contribution >= 0.6 is 0 Å². The highest BCUT2D eigenvalue weighted by Gasteiger charge is 2.22. The lowest BCUT2D eigenvalue weighted by atomic mass is 9.97. The monoisotopic (exact) mass is 278 g/mol. The molecule has 1 aromatic rings. The fourth-order valence-corrected chi connectivity index (χ4v) is 2.96. The average Bonchev–Trinajstić information content (AvgIpc) is 2.48. The second-order valence-corrected chi connectivity index (χ2v) is 5.81. The molecule has 1 saturated heterocycles. The van der Waals surface area contributed by atoms with Crippen molar-refractivity contribution < 1.29 is 4.39 Å². The quantitative estimate of drug-likeness (QED) is 0.799. The Morgan fingerprint density at radius 3 is 2.65 bits per heavy atom. The first kappa shape index (κ1) is 15.5. The topological polar surface area (TPSA) is 15.3 Å². The Kier molecular flexibility index (Phi) is 5.99. The third kappa shape index (κ3) is 4.03. The lowest BCUT2D eigenvalue weighted by molar-refractivity contribution is 0.162. The molecule has 0 aliphatic carbocycles. The zero-order valence-corrected chi connectivity index (χ0v) is 12.8. The van der Waals surface area contributed by atoms with Crippen LogP contribution in [0.2, 0.25) is 0 Å². The second kappa shape index (κ2) is 7.75. The molecule has 1 atom stereocenters. The summed E-state index contributed by atoms with van der Waals surface area (Å²) in [7, 11) is 0. The van der Waals surface area contributed by atoms with Crippen LogP contribution in [0.5, 0.6) is 0 Å². The van der Waals surface area contributed by atoms with Gasteiger partial charge in [-0.2, -0.15) is 0 Å². The third-order valence-corrected chi connectivity index (χ3v) is 4.25. The molecule has 1 aliphatic rings. The van der Waals surface area contributed by atoms with Gasteiger partial charge in [-0.25, -0.2) is 4.39 Å². The second-order valence-electron chi connectivity index (χ2n) is 5.81. The van der Waals surface area contributed by atoms with Gasteiger partial charge in [0.2, 0.25) is 0 Å². The van der Waals surface area contributed by atoms with Crippen LogP contribution in [0.4, 0.5) is 4.39 Å². The van der Waals surface area contributed by atoms with Gasteiger partial charge in [-0.1, -0.05) is 38.3 Å². The maximum Gasteiger partial charge on any atom is 0.126 e. The molecule has 0 unspecified atom stereocenters. The molecule has 2 nitrogen and oxygen atoms in total. The van der Waals surface area contributed by atoms with Crippen molar-refractivity contribution in [1.82, 2.24) is 10.2 Å². The molecule has 3 heteroatoms. The van der Waals surface area contributed by atoms with Crippen molar-refractivity contribution in [3.63, 3.8) is 0 Å². The van der Waals surface area contributed by atoms with Gasteiger partial charge in [-0.05, 0) is 30.5 Å². The zero-order chi connectivity index (χ0) is 14.4. The fraction of sp³-hybridized carbons (Fsp3) is 0.647. The van der Waals surface area contributed by atoms with E-state index in [0.29, 0.717) is 6.04 Å². The van der Waals surface area contributed by atoms with E-state index in [9.17, 15) is 4.39 Å². The number of benzene rings is 1. The number of nitrogens with zero attached hydrogens (tertiary/aromatic N) is 1. The van der Waals surface area contributed by atoms with Gasteiger partial charge in [0.25, 0.3) is 0 Å². The predicted octanol–water partition coefficient (Wildman–Crippen LogP) is 3.66. The van der Waals surface area contributed by atoms with Gasteiger partial charge in [-0.3, -0.25) is 4.90 Å². The minimum absolute atomic E-state index is 0.0712. The summed E-state index contributed by atoms with van der Waals surface area (Å²) in [5.74, 6) is -0.0712. The number of unbranched alkanes of at least 4 members (excludes halogenated alkanes) is 2. The number of hydrogen-bond donors (Lipinski definition) is 1. The SMILES string of the molecule is CCCCC[C@@H](c1ccc(C)c(F)c1)N1CCNCC1. The molecule has 2 rings (SSSR count). The van der Waals surface area contributed by atoms with E-state index in [4.69, 9.17) is 0 Å². The summed E-state index contributed by atoms with van der Waals surface area (Å²) >= 11 is 0. The maximum absolute atomic E-state index is 13.9. The Bertz CT molecular complexity index is 413. The van der Waals surface area contributed by atoms with Crippen molar-refractivity contribution in [2.24, 2.45) is 0 Å². The molecular formula is C17H27FN2. The fourth-order valence-electron chi connectivity index (χ4n) is 2.96. The van der Waals surface area contributed by atoms with Gasteiger partial charge in [0.15, 0.2) is 0 Å². The van der Waals surface area contributed by atoms with E-state index in [2.05, 4.69) is 23.2 Å². The van der Waals surface area contributed by atoms with E-state index < -0.39 is 0 Å². The summed E-state index contributed by atoms with van der Waals surface area (Å²) in [6.07, 6.45) is 4.85. The molecule has 1 aromatic carbocycles. The molecule has 1 heterocycles. The van der Waals surface area contributed by atoms with Crippen molar-refractivity contribution >= 4 is 0 Å². The van der Waals surface area contributed by atoms with E-state index in [0.717, 1.165) is 43.7 Å². The van der Waals surface area contributed by atoms with Crippen molar-refractivity contribution in [3.05, 3.63) is 35.1 Å². The van der Waals surface area contributed by atoms with Crippen LogP contribution in [-0.2, 0) is 0 Å². The average molecular weight is 278 g/mol. The first-order valence-corrected chi connectivity index (χ1v) is 7.93. The summed E-state index contributed by atoms with van der Waals surface area (Å²) in [5, 5.41) is 3.39. The van der Waals surface area contributed by atoms with Crippen LogP contribution in [0.3, 0.4) is 0 Å². The number of nitrogens with one attached hydrogen (secondary N) is 1. The molecular weight excluding hydrogens is 251 g/mol. The molecule has 1 aliphatic heterocycles. The van der Waals surface area contributed by atoms with Gasteiger partial charge < -0.3 is 5.32 Å². The van der Waals surface area contributed by atoms with Crippen LogP contribution in [0.15, 0.2) is 18.2 Å². The first-order chi connectivity index (χ1) is 9.72. The van der Waals surface area contributed by atoms with Gasteiger partial charge >= 0.3 is 0 Å². The van der Waals surface area contributed by atoms with Gasteiger partial charge in [0.05, 0.1) is 0 Å². The number of rotatable bonds is 6. The normalized spacial score (nSPS) is 18.1. The minimum Gasteiger partial charge on any atom is -0.314 e. The van der Waals surface area contributed by atoms with E-state index in [-0.39, 0.29) is 5.82 Å². The highest BCUT2D eigenvalue weighted by Crippen LogP contribution is 2.28. The van der Waals surface area contributed by atoms with Gasteiger partial charge in [-0.15, -0.1) is 0 Å².